The molecule has 198 valence electrons. The van der Waals surface area contributed by atoms with Crippen LogP contribution in [0.1, 0.15) is 117 Å². The largest absolute Gasteiger partial charge is 0.354 e. The van der Waals surface area contributed by atoms with Gasteiger partial charge in [-0.15, -0.1) is 0 Å². The van der Waals surface area contributed by atoms with Crippen LogP contribution in [0, 0.1) is 0 Å². The Labute approximate surface area is 211 Å². The molecule has 0 spiro atoms. The number of guanidine groups is 2. The molecule has 0 atom stereocenters. The van der Waals surface area contributed by atoms with Crippen molar-refractivity contribution in [3.05, 3.63) is 0 Å². The highest BCUT2D eigenvalue weighted by Crippen LogP contribution is 2.22. The lowest BCUT2D eigenvalue weighted by molar-refractivity contribution is 0.383. The molecule has 2 N–H and O–H groups in total. The summed E-state index contributed by atoms with van der Waals surface area (Å²) in [7, 11) is 8.02. The first-order chi connectivity index (χ1) is 16.1. The van der Waals surface area contributed by atoms with E-state index in [1.54, 1.807) is 0 Å². The van der Waals surface area contributed by atoms with Crippen LogP contribution in [-0.2, 0) is 0 Å². The molecule has 3 saturated carbocycles. The Hall–Kier alpha value is -1.46. The third-order valence-electron chi connectivity index (χ3n) is 7.01. The fourth-order valence-corrected chi connectivity index (χ4v) is 5.29. The summed E-state index contributed by atoms with van der Waals surface area (Å²) in [5, 5.41) is 7.58. The predicted octanol–water partition coefficient (Wildman–Crippen LogP) is 5.78. The summed E-state index contributed by atoms with van der Waals surface area (Å²) >= 11 is 0. The van der Waals surface area contributed by atoms with E-state index in [1.807, 2.05) is 38.0 Å². The van der Waals surface area contributed by atoms with Gasteiger partial charge in [-0.05, 0) is 59.3 Å². The molecule has 0 amide bonds. The van der Waals surface area contributed by atoms with Crippen molar-refractivity contribution in [2.24, 2.45) is 9.98 Å². The smallest absolute Gasteiger partial charge is 0.196 e. The Kier molecular flexibility index (Phi) is 12.5. The van der Waals surface area contributed by atoms with Crippen molar-refractivity contribution in [1.82, 2.24) is 20.4 Å². The van der Waals surface area contributed by atoms with Crippen LogP contribution in [0.3, 0.4) is 0 Å². The van der Waals surface area contributed by atoms with Crippen LogP contribution in [0.4, 0.5) is 0 Å². The van der Waals surface area contributed by atoms with Crippen LogP contribution in [0.25, 0.3) is 0 Å². The van der Waals surface area contributed by atoms with Crippen molar-refractivity contribution in [3.63, 3.8) is 0 Å². The van der Waals surface area contributed by atoms with Crippen molar-refractivity contribution < 1.29 is 0 Å². The molecule has 6 nitrogen and oxygen atoms in total. The van der Waals surface area contributed by atoms with Crippen LogP contribution in [0.15, 0.2) is 9.98 Å². The van der Waals surface area contributed by atoms with Crippen molar-refractivity contribution in [1.29, 1.82) is 0 Å². The summed E-state index contributed by atoms with van der Waals surface area (Å²) < 4.78 is 0. The lowest BCUT2D eigenvalue weighted by atomic mass is 9.94. The fraction of sp³-hybridized carbons (Fsp3) is 0.929. The van der Waals surface area contributed by atoms with Gasteiger partial charge in [-0.25, -0.2) is 9.98 Å². The van der Waals surface area contributed by atoms with Gasteiger partial charge in [0.15, 0.2) is 11.9 Å². The van der Waals surface area contributed by atoms with E-state index in [0.717, 1.165) is 11.9 Å². The highest BCUT2D eigenvalue weighted by atomic mass is 15.3. The molecule has 34 heavy (non-hydrogen) atoms. The van der Waals surface area contributed by atoms with Gasteiger partial charge in [-0.1, -0.05) is 57.8 Å². The average Bonchev–Trinajstić information content (AvgIpc) is 2.79. The van der Waals surface area contributed by atoms with Crippen LogP contribution < -0.4 is 10.6 Å². The van der Waals surface area contributed by atoms with E-state index in [4.69, 9.17) is 4.99 Å². The summed E-state index contributed by atoms with van der Waals surface area (Å²) in [6.07, 6.45) is 20.4. The molecule has 3 aliphatic carbocycles. The van der Waals surface area contributed by atoms with Gasteiger partial charge in [-0.2, -0.15) is 0 Å². The monoisotopic (exact) mass is 476 g/mol. The van der Waals surface area contributed by atoms with Crippen LogP contribution in [0.5, 0.6) is 0 Å². The molecule has 0 bridgehead atoms. The SMILES string of the molecule is C1CCC(N=C(NC2CCCCC2)NC2CCCCC2)CC1.CN(C)C(=NC(C)(C)C)N(C)C. The highest BCUT2D eigenvalue weighted by molar-refractivity contribution is 5.80. The van der Waals surface area contributed by atoms with E-state index in [2.05, 4.69) is 36.4 Å². The third kappa shape index (κ3) is 11.8. The summed E-state index contributed by atoms with van der Waals surface area (Å²) in [6.45, 7) is 6.29. The van der Waals surface area contributed by atoms with Crippen LogP contribution in [0.2, 0.25) is 0 Å². The topological polar surface area (TPSA) is 55.3 Å². The van der Waals surface area contributed by atoms with Gasteiger partial charge in [0.2, 0.25) is 0 Å². The molecule has 0 heterocycles. The van der Waals surface area contributed by atoms with Gasteiger partial charge >= 0.3 is 0 Å². The van der Waals surface area contributed by atoms with E-state index in [1.165, 1.54) is 96.3 Å². The average molecular weight is 477 g/mol. The lowest BCUT2D eigenvalue weighted by Gasteiger charge is -2.30. The second-order valence-corrected chi connectivity index (χ2v) is 12.1. The zero-order chi connectivity index (χ0) is 25.0. The molecule has 6 heteroatoms. The first-order valence-corrected chi connectivity index (χ1v) is 14.2. The molecule has 3 aliphatic rings. The van der Waals surface area contributed by atoms with Crippen LogP contribution >= 0.6 is 0 Å². The Bertz CT molecular complexity index is 569. The van der Waals surface area contributed by atoms with Gasteiger partial charge in [0, 0.05) is 40.3 Å². The maximum atomic E-state index is 5.12. The third-order valence-corrected chi connectivity index (χ3v) is 7.01. The van der Waals surface area contributed by atoms with Crippen molar-refractivity contribution >= 4 is 11.9 Å². The van der Waals surface area contributed by atoms with Gasteiger partial charge in [0.05, 0.1) is 11.6 Å². The molecular formula is C28H56N6. The van der Waals surface area contributed by atoms with Gasteiger partial charge < -0.3 is 20.4 Å². The molecule has 0 unspecified atom stereocenters. The van der Waals surface area contributed by atoms with Crippen LogP contribution in [-0.4, -0.2) is 73.6 Å². The van der Waals surface area contributed by atoms with E-state index in [0.29, 0.717) is 18.1 Å². The summed E-state index contributed by atoms with van der Waals surface area (Å²) in [5.74, 6) is 2.15. The fourth-order valence-electron chi connectivity index (χ4n) is 5.29. The first kappa shape index (κ1) is 28.8. The van der Waals surface area contributed by atoms with Gasteiger partial charge in [0.1, 0.15) is 0 Å². The molecule has 0 aromatic carbocycles. The molecule has 0 aromatic heterocycles. The standard InChI is InChI=1S/C19H35N3.C9H21N3/c1-4-10-16(11-5-1)20-19(21-17-12-6-2-7-13-17)22-18-14-8-3-9-15-18;1-9(2,3)10-8(11(4)5)12(6)7/h16-18H,1-15H2,(H2,20,21,22);1-7H3. The summed E-state index contributed by atoms with van der Waals surface area (Å²) in [4.78, 5) is 13.7. The second-order valence-electron chi connectivity index (χ2n) is 12.1. The predicted molar refractivity (Wildman–Crippen MR) is 149 cm³/mol. The van der Waals surface area contributed by atoms with Gasteiger partial charge in [0.25, 0.3) is 0 Å². The minimum Gasteiger partial charge on any atom is -0.354 e. The Morgan fingerprint density at radius 2 is 1.00 bits per heavy atom. The highest BCUT2D eigenvalue weighted by Gasteiger charge is 2.20. The number of rotatable bonds is 3. The minimum atomic E-state index is -0.0100. The molecular weight excluding hydrogens is 420 g/mol. The second kappa shape index (κ2) is 14.8. The van der Waals surface area contributed by atoms with Crippen molar-refractivity contribution in [2.45, 2.75) is 141 Å². The zero-order valence-corrected chi connectivity index (χ0v) is 23.6. The molecule has 3 fully saturated rings. The van der Waals surface area contributed by atoms with Gasteiger partial charge in [-0.3, -0.25) is 0 Å². The maximum absolute atomic E-state index is 5.12. The van der Waals surface area contributed by atoms with E-state index in [-0.39, 0.29) is 5.54 Å². The quantitative estimate of drug-likeness (QED) is 0.400. The van der Waals surface area contributed by atoms with E-state index < -0.39 is 0 Å². The first-order valence-electron chi connectivity index (χ1n) is 14.2. The molecule has 0 aliphatic heterocycles. The van der Waals surface area contributed by atoms with Crippen molar-refractivity contribution in [2.75, 3.05) is 28.2 Å². The number of aliphatic imine (C=N–C) groups is 2. The normalized spacial score (nSPS) is 20.4. The molecule has 0 aromatic rings. The van der Waals surface area contributed by atoms with E-state index >= 15 is 0 Å². The lowest BCUT2D eigenvalue weighted by Crippen LogP contribution is -2.49. The Morgan fingerprint density at radius 1 is 0.618 bits per heavy atom. The van der Waals surface area contributed by atoms with Crippen molar-refractivity contribution in [3.8, 4) is 0 Å². The summed E-state index contributed by atoms with van der Waals surface area (Å²) in [6, 6.07) is 1.88. The number of hydrogen-bond donors (Lipinski definition) is 2. The summed E-state index contributed by atoms with van der Waals surface area (Å²) in [5.41, 5.74) is -0.0100. The molecule has 3 rings (SSSR count). The number of nitrogens with one attached hydrogen (secondary N) is 2. The zero-order valence-electron chi connectivity index (χ0n) is 23.6. The minimum absolute atomic E-state index is 0.0100. The maximum Gasteiger partial charge on any atom is 0.196 e. The number of hydrogen-bond acceptors (Lipinski definition) is 2. The molecule has 0 radical (unpaired) electrons. The van der Waals surface area contributed by atoms with E-state index in [9.17, 15) is 0 Å². The molecule has 0 saturated heterocycles. The Balaban J connectivity index is 0.000000292. The Morgan fingerprint density at radius 3 is 1.32 bits per heavy atom. The number of nitrogens with zero attached hydrogens (tertiary/aromatic N) is 4.